The standard InChI is InChI=1S/C26H26O6/c1-3-6-22-23(12-11-21(16(2)27)25(22)29)32-15-17-7-4-8-18(13-17)24(28)19-9-5-10-20(14-19)26(30)31/h4-5,7-14,24,28-29H,3,6,15H2,1-2H3,(H,30,31). The zero-order chi connectivity index (χ0) is 23.3. The Morgan fingerprint density at radius 3 is 2.34 bits per heavy atom. The number of carboxylic acid groups (broad SMARTS) is 1. The molecule has 0 aliphatic rings. The summed E-state index contributed by atoms with van der Waals surface area (Å²) in [4.78, 5) is 22.9. The molecular formula is C26H26O6. The van der Waals surface area contributed by atoms with E-state index in [0.29, 0.717) is 28.9 Å². The summed E-state index contributed by atoms with van der Waals surface area (Å²) in [5.41, 5.74) is 2.87. The highest BCUT2D eigenvalue weighted by molar-refractivity contribution is 5.97. The summed E-state index contributed by atoms with van der Waals surface area (Å²) < 4.78 is 5.95. The van der Waals surface area contributed by atoms with Gasteiger partial charge in [-0.3, -0.25) is 4.79 Å². The van der Waals surface area contributed by atoms with E-state index in [1.54, 1.807) is 42.5 Å². The number of hydrogen-bond acceptors (Lipinski definition) is 5. The summed E-state index contributed by atoms with van der Waals surface area (Å²) in [6, 6.07) is 16.7. The summed E-state index contributed by atoms with van der Waals surface area (Å²) in [7, 11) is 0. The predicted molar refractivity (Wildman–Crippen MR) is 120 cm³/mol. The van der Waals surface area contributed by atoms with Crippen LogP contribution in [-0.4, -0.2) is 27.1 Å². The maximum atomic E-state index is 11.7. The molecule has 166 valence electrons. The summed E-state index contributed by atoms with van der Waals surface area (Å²) >= 11 is 0. The SMILES string of the molecule is CCCc1c(OCc2cccc(C(O)c3cccc(C(=O)O)c3)c2)ccc(C(C)=O)c1O. The van der Waals surface area contributed by atoms with Gasteiger partial charge in [-0.15, -0.1) is 0 Å². The third-order valence-electron chi connectivity index (χ3n) is 5.23. The predicted octanol–water partition coefficient (Wildman–Crippen LogP) is 4.91. The fraction of sp³-hybridized carbons (Fsp3) is 0.231. The summed E-state index contributed by atoms with van der Waals surface area (Å²) in [6.45, 7) is 3.59. The Balaban J connectivity index is 1.81. The molecule has 6 heteroatoms. The number of aliphatic hydroxyl groups is 1. The quantitative estimate of drug-likeness (QED) is 0.414. The van der Waals surface area contributed by atoms with Gasteiger partial charge in [0.05, 0.1) is 11.1 Å². The number of carboxylic acids is 1. The Bertz CT molecular complexity index is 1130. The number of benzene rings is 3. The van der Waals surface area contributed by atoms with Gasteiger partial charge in [0.1, 0.15) is 24.2 Å². The van der Waals surface area contributed by atoms with Crippen molar-refractivity contribution in [2.45, 2.75) is 39.4 Å². The van der Waals surface area contributed by atoms with Crippen molar-refractivity contribution in [1.82, 2.24) is 0 Å². The second-order valence-electron chi connectivity index (χ2n) is 7.61. The van der Waals surface area contributed by atoms with Crippen LogP contribution in [0.1, 0.15) is 69.3 Å². The van der Waals surface area contributed by atoms with Crippen LogP contribution in [0.5, 0.6) is 11.5 Å². The number of aromatic hydroxyl groups is 1. The molecule has 32 heavy (non-hydrogen) atoms. The molecule has 1 atom stereocenters. The topological polar surface area (TPSA) is 104 Å². The number of phenols is 1. The van der Waals surface area contributed by atoms with E-state index < -0.39 is 12.1 Å². The lowest BCUT2D eigenvalue weighted by atomic mass is 9.98. The molecule has 0 radical (unpaired) electrons. The van der Waals surface area contributed by atoms with Crippen LogP contribution in [0.3, 0.4) is 0 Å². The second kappa shape index (κ2) is 10.1. The Labute approximate surface area is 186 Å². The maximum Gasteiger partial charge on any atom is 0.335 e. The monoisotopic (exact) mass is 434 g/mol. The number of carbonyl (C=O) groups is 2. The van der Waals surface area contributed by atoms with Gasteiger partial charge in [0.25, 0.3) is 0 Å². The van der Waals surface area contributed by atoms with E-state index in [0.717, 1.165) is 12.0 Å². The van der Waals surface area contributed by atoms with Crippen LogP contribution < -0.4 is 4.74 Å². The van der Waals surface area contributed by atoms with E-state index in [2.05, 4.69) is 0 Å². The molecule has 0 saturated heterocycles. The van der Waals surface area contributed by atoms with Crippen molar-refractivity contribution in [3.8, 4) is 11.5 Å². The number of phenolic OH excluding ortho intramolecular Hbond substituents is 1. The smallest absolute Gasteiger partial charge is 0.335 e. The average Bonchev–Trinajstić information content (AvgIpc) is 2.79. The molecule has 6 nitrogen and oxygen atoms in total. The first-order chi connectivity index (χ1) is 15.3. The average molecular weight is 434 g/mol. The van der Waals surface area contributed by atoms with Crippen LogP contribution >= 0.6 is 0 Å². The number of aliphatic hydroxyl groups excluding tert-OH is 1. The molecule has 0 aliphatic heterocycles. The lowest BCUT2D eigenvalue weighted by Gasteiger charge is -2.16. The number of ketones is 1. The molecule has 0 spiro atoms. The number of hydrogen-bond donors (Lipinski definition) is 3. The second-order valence-corrected chi connectivity index (χ2v) is 7.61. The first kappa shape index (κ1) is 23.0. The maximum absolute atomic E-state index is 11.7. The molecule has 0 amide bonds. The van der Waals surface area contributed by atoms with Crippen molar-refractivity contribution < 1.29 is 29.6 Å². The third kappa shape index (κ3) is 5.15. The number of rotatable bonds is 9. The lowest BCUT2D eigenvalue weighted by molar-refractivity contribution is 0.0696. The molecule has 3 N–H and O–H groups in total. The molecule has 3 aromatic carbocycles. The van der Waals surface area contributed by atoms with Crippen LogP contribution in [0.15, 0.2) is 60.7 Å². The van der Waals surface area contributed by atoms with Crippen LogP contribution in [0, 0.1) is 0 Å². The number of aromatic carboxylic acids is 1. The van der Waals surface area contributed by atoms with Crippen molar-refractivity contribution in [1.29, 1.82) is 0 Å². The molecule has 0 saturated carbocycles. The highest BCUT2D eigenvalue weighted by atomic mass is 16.5. The highest BCUT2D eigenvalue weighted by Gasteiger charge is 2.17. The van der Waals surface area contributed by atoms with Gasteiger partial charge in [0.15, 0.2) is 5.78 Å². The lowest BCUT2D eigenvalue weighted by Crippen LogP contribution is -2.05. The first-order valence-corrected chi connectivity index (χ1v) is 10.4. The van der Waals surface area contributed by atoms with Crippen molar-refractivity contribution in [3.63, 3.8) is 0 Å². The van der Waals surface area contributed by atoms with Crippen LogP contribution in [-0.2, 0) is 13.0 Å². The van der Waals surface area contributed by atoms with Gasteiger partial charge >= 0.3 is 5.97 Å². The zero-order valence-corrected chi connectivity index (χ0v) is 18.0. The molecule has 0 heterocycles. The first-order valence-electron chi connectivity index (χ1n) is 10.4. The van der Waals surface area contributed by atoms with Gasteiger partial charge in [0.2, 0.25) is 0 Å². The number of Topliss-reactive ketones (excluding diaryl/α,β-unsaturated/α-hetero) is 1. The Kier molecular flexibility index (Phi) is 7.28. The minimum atomic E-state index is -1.05. The Hall–Kier alpha value is -3.64. The fourth-order valence-electron chi connectivity index (χ4n) is 3.58. The Morgan fingerprint density at radius 1 is 1.00 bits per heavy atom. The van der Waals surface area contributed by atoms with Gasteiger partial charge in [-0.05, 0) is 60.4 Å². The summed E-state index contributed by atoms with van der Waals surface area (Å²) in [5, 5.41) is 30.4. The highest BCUT2D eigenvalue weighted by Crippen LogP contribution is 2.33. The largest absolute Gasteiger partial charge is 0.507 e. The molecule has 0 aromatic heterocycles. The van der Waals surface area contributed by atoms with Crippen LogP contribution in [0.2, 0.25) is 0 Å². The van der Waals surface area contributed by atoms with E-state index >= 15 is 0 Å². The van der Waals surface area contributed by atoms with Crippen molar-refractivity contribution in [3.05, 3.63) is 94.0 Å². The third-order valence-corrected chi connectivity index (χ3v) is 5.23. The van der Waals surface area contributed by atoms with Crippen LogP contribution in [0.4, 0.5) is 0 Å². The van der Waals surface area contributed by atoms with E-state index in [9.17, 15) is 24.9 Å². The molecule has 3 rings (SSSR count). The van der Waals surface area contributed by atoms with E-state index in [-0.39, 0.29) is 29.3 Å². The molecule has 0 aliphatic carbocycles. The van der Waals surface area contributed by atoms with Crippen LogP contribution in [0.25, 0.3) is 0 Å². The molecule has 0 bridgehead atoms. The molecule has 1 unspecified atom stereocenters. The minimum absolute atomic E-state index is 0.0423. The Morgan fingerprint density at radius 2 is 1.69 bits per heavy atom. The zero-order valence-electron chi connectivity index (χ0n) is 18.0. The number of carbonyl (C=O) groups excluding carboxylic acids is 1. The van der Waals surface area contributed by atoms with Gasteiger partial charge in [-0.25, -0.2) is 4.79 Å². The van der Waals surface area contributed by atoms with E-state index in [4.69, 9.17) is 4.74 Å². The van der Waals surface area contributed by atoms with Gasteiger partial charge in [-0.2, -0.15) is 0 Å². The summed E-state index contributed by atoms with van der Waals surface area (Å²) in [5.74, 6) is -0.794. The minimum Gasteiger partial charge on any atom is -0.507 e. The van der Waals surface area contributed by atoms with E-state index in [1.807, 2.05) is 13.0 Å². The fourth-order valence-corrected chi connectivity index (χ4v) is 3.58. The van der Waals surface area contributed by atoms with Crippen molar-refractivity contribution in [2.75, 3.05) is 0 Å². The van der Waals surface area contributed by atoms with Gasteiger partial charge in [-0.1, -0.05) is 43.7 Å². The molecule has 3 aromatic rings. The van der Waals surface area contributed by atoms with E-state index in [1.165, 1.54) is 19.1 Å². The van der Waals surface area contributed by atoms with Gasteiger partial charge in [0, 0.05) is 5.56 Å². The molecule has 0 fully saturated rings. The van der Waals surface area contributed by atoms with Gasteiger partial charge < -0.3 is 20.1 Å². The van der Waals surface area contributed by atoms with Crippen molar-refractivity contribution >= 4 is 11.8 Å². The number of ether oxygens (including phenoxy) is 1. The summed E-state index contributed by atoms with van der Waals surface area (Å²) in [6.07, 6.45) is 0.368. The normalized spacial score (nSPS) is 11.7. The van der Waals surface area contributed by atoms with Crippen molar-refractivity contribution in [2.24, 2.45) is 0 Å². The molecular weight excluding hydrogens is 408 g/mol.